The number of fused-ring (bicyclic) bond motifs is 1. The van der Waals surface area contributed by atoms with E-state index >= 15 is 0 Å². The van der Waals surface area contributed by atoms with Gasteiger partial charge in [0.1, 0.15) is 17.8 Å². The summed E-state index contributed by atoms with van der Waals surface area (Å²) in [5.74, 6) is 0. The Balaban J connectivity index is 1.28. The van der Waals surface area contributed by atoms with Crippen LogP contribution in [0.1, 0.15) is 12.6 Å². The van der Waals surface area contributed by atoms with E-state index in [-0.39, 0.29) is 6.42 Å². The molecule has 5 rings (SSSR count). The number of hydrogen-bond donors (Lipinski definition) is 5. The third-order valence-electron chi connectivity index (χ3n) is 5.43. The van der Waals surface area contributed by atoms with Gasteiger partial charge in [-0.3, -0.25) is 9.09 Å². The molecule has 0 aromatic carbocycles. The highest BCUT2D eigenvalue weighted by Gasteiger charge is 2.43. The van der Waals surface area contributed by atoms with Crippen molar-refractivity contribution >= 4 is 57.3 Å². The minimum Gasteiger partial charge on any atom is -0.390 e. The predicted molar refractivity (Wildman–Crippen MR) is 139 cm³/mol. The van der Waals surface area contributed by atoms with E-state index in [9.17, 15) is 28.6 Å². The summed E-state index contributed by atoms with van der Waals surface area (Å²) in [6.07, 6.45) is 0.00547. The van der Waals surface area contributed by atoms with Crippen LogP contribution in [0.4, 0.5) is 0 Å². The average Bonchev–Trinajstić information content (AvgIpc) is 3.61. The number of aliphatic hydroxyl groups is 1. The van der Waals surface area contributed by atoms with Crippen LogP contribution in [0, 0.1) is 0 Å². The predicted octanol–water partition coefficient (Wildman–Crippen LogP) is 3.88. The monoisotopic (exact) mass is 639 g/mol. The van der Waals surface area contributed by atoms with Crippen molar-refractivity contribution < 1.29 is 56.3 Å². The number of hydrogen-bond acceptors (Lipinski definition) is 12. The number of rotatable bonds is 10. The van der Waals surface area contributed by atoms with Crippen LogP contribution in [0.25, 0.3) is 31.4 Å². The lowest BCUT2D eigenvalue weighted by Crippen LogP contribution is -2.26. The third kappa shape index (κ3) is 6.81. The van der Waals surface area contributed by atoms with Crippen LogP contribution in [0.5, 0.6) is 0 Å². The highest BCUT2D eigenvalue weighted by molar-refractivity contribution is 7.66. The Hall–Kier alpha value is -1.65. The van der Waals surface area contributed by atoms with Gasteiger partial charge in [0, 0.05) is 32.8 Å². The first-order valence-corrected chi connectivity index (χ1v) is 17.1. The molecule has 210 valence electrons. The maximum atomic E-state index is 12.0. The normalized spacial score (nSPS) is 23.2. The summed E-state index contributed by atoms with van der Waals surface area (Å²) in [4.78, 5) is 48.3. The van der Waals surface area contributed by atoms with Crippen LogP contribution in [0.2, 0.25) is 0 Å². The van der Waals surface area contributed by atoms with Gasteiger partial charge < -0.3 is 29.4 Å². The van der Waals surface area contributed by atoms with Crippen molar-refractivity contribution in [3.63, 3.8) is 0 Å². The number of phosphoric ester groups is 1. The van der Waals surface area contributed by atoms with Gasteiger partial charge in [-0.25, -0.2) is 23.7 Å². The molecule has 1 aliphatic heterocycles. The summed E-state index contributed by atoms with van der Waals surface area (Å²) in [5.41, 5.74) is 1.94. The van der Waals surface area contributed by atoms with Crippen molar-refractivity contribution in [1.82, 2.24) is 14.5 Å². The standard InChI is InChI=1S/C19H20N3O12P3S2/c23-12-8-17(32-13(12)9-31-36(27,28)34-37(29,30)33-35(24,25)26)22-10-21-18-11(5-6-20-19(18)22)14-3-4-16(39-14)15-2-1-7-38-15/h1-7,10,12-13,17,23H,8-9H2,(H,27,28)(H,29,30)(H2,24,25,26)/t12-,13+,17+/m0/s1. The van der Waals surface area contributed by atoms with E-state index in [4.69, 9.17) is 14.5 Å². The Morgan fingerprint density at radius 3 is 2.49 bits per heavy atom. The van der Waals surface area contributed by atoms with Crippen molar-refractivity contribution in [3.05, 3.63) is 48.2 Å². The van der Waals surface area contributed by atoms with Crippen LogP contribution >= 0.6 is 46.1 Å². The van der Waals surface area contributed by atoms with Gasteiger partial charge in [-0.1, -0.05) is 6.07 Å². The molecule has 5 atom stereocenters. The van der Waals surface area contributed by atoms with Gasteiger partial charge in [0.25, 0.3) is 0 Å². The van der Waals surface area contributed by atoms with Crippen molar-refractivity contribution in [2.24, 2.45) is 0 Å². The summed E-state index contributed by atoms with van der Waals surface area (Å²) in [6, 6.07) is 9.91. The highest BCUT2D eigenvalue weighted by atomic mass is 32.1. The molecule has 0 saturated carbocycles. The average molecular weight is 639 g/mol. The fraction of sp³-hybridized carbons (Fsp3) is 0.263. The van der Waals surface area contributed by atoms with E-state index in [1.807, 2.05) is 35.7 Å². The number of aliphatic hydroxyl groups excluding tert-OH is 1. The Morgan fingerprint density at radius 1 is 1.00 bits per heavy atom. The van der Waals surface area contributed by atoms with E-state index in [1.54, 1.807) is 33.4 Å². The summed E-state index contributed by atoms with van der Waals surface area (Å²) in [6.45, 7) is -0.770. The fourth-order valence-electron chi connectivity index (χ4n) is 3.88. The lowest BCUT2D eigenvalue weighted by molar-refractivity contribution is -0.0423. The first-order chi connectivity index (χ1) is 18.3. The molecule has 0 bridgehead atoms. The van der Waals surface area contributed by atoms with Crippen LogP contribution in [-0.2, 0) is 31.6 Å². The molecule has 4 aromatic rings. The minimum atomic E-state index is -5.66. The molecule has 15 nitrogen and oxygen atoms in total. The van der Waals surface area contributed by atoms with Crippen molar-refractivity contribution in [1.29, 1.82) is 0 Å². The maximum absolute atomic E-state index is 12.0. The number of thiophene rings is 2. The molecule has 1 aliphatic rings. The summed E-state index contributed by atoms with van der Waals surface area (Å²) in [5, 5.41) is 12.4. The molecule has 1 saturated heterocycles. The topological polar surface area (TPSA) is 220 Å². The second-order valence-corrected chi connectivity index (χ2v) is 14.6. The van der Waals surface area contributed by atoms with Crippen LogP contribution in [-0.4, -0.2) is 58.0 Å². The number of phosphoric acid groups is 3. The Bertz CT molecular complexity index is 1620. The molecule has 39 heavy (non-hydrogen) atoms. The quantitative estimate of drug-likeness (QED) is 0.156. The van der Waals surface area contributed by atoms with Crippen molar-refractivity contribution in [3.8, 4) is 20.2 Å². The fourth-order valence-corrected chi connectivity index (χ4v) is 8.78. The summed E-state index contributed by atoms with van der Waals surface area (Å²) in [7, 11) is -16.5. The number of pyridine rings is 1. The number of aromatic nitrogens is 3. The molecule has 0 aliphatic carbocycles. The van der Waals surface area contributed by atoms with Crippen molar-refractivity contribution in [2.45, 2.75) is 24.9 Å². The minimum absolute atomic E-state index is 0.0311. The third-order valence-corrected chi connectivity index (χ3v) is 11.4. The first kappa shape index (κ1) is 28.9. The van der Waals surface area contributed by atoms with E-state index in [1.165, 1.54) is 6.33 Å². The summed E-state index contributed by atoms with van der Waals surface area (Å²) >= 11 is 3.25. The van der Waals surface area contributed by atoms with Crippen LogP contribution < -0.4 is 0 Å². The second-order valence-electron chi connectivity index (χ2n) is 8.14. The van der Waals surface area contributed by atoms with E-state index in [2.05, 4.69) is 23.1 Å². The van der Waals surface area contributed by atoms with E-state index < -0.39 is 48.5 Å². The lowest BCUT2D eigenvalue weighted by atomic mass is 10.2. The van der Waals surface area contributed by atoms with Gasteiger partial charge in [-0.15, -0.1) is 22.7 Å². The van der Waals surface area contributed by atoms with Gasteiger partial charge >= 0.3 is 23.5 Å². The zero-order chi connectivity index (χ0) is 28.0. The number of imidazole rings is 1. The molecule has 0 spiro atoms. The zero-order valence-electron chi connectivity index (χ0n) is 19.4. The molecular weight excluding hydrogens is 619 g/mol. The molecule has 0 amide bonds. The summed E-state index contributed by atoms with van der Waals surface area (Å²) < 4.78 is 53.5. The zero-order valence-corrected chi connectivity index (χ0v) is 23.7. The molecular formula is C19H20N3O12P3S2. The first-order valence-electron chi connectivity index (χ1n) is 10.9. The van der Waals surface area contributed by atoms with E-state index in [0.29, 0.717) is 11.2 Å². The lowest BCUT2D eigenvalue weighted by Gasteiger charge is -2.19. The Labute approximate surface area is 227 Å². The number of ether oxygens (including phenoxy) is 1. The van der Waals surface area contributed by atoms with Gasteiger partial charge in [-0.2, -0.15) is 8.62 Å². The van der Waals surface area contributed by atoms with Gasteiger partial charge in [0.05, 0.1) is 19.0 Å². The molecule has 5 heterocycles. The van der Waals surface area contributed by atoms with Crippen LogP contribution in [0.15, 0.2) is 48.2 Å². The second kappa shape index (κ2) is 11.0. The highest BCUT2D eigenvalue weighted by Crippen LogP contribution is 2.66. The smallest absolute Gasteiger partial charge is 0.390 e. The van der Waals surface area contributed by atoms with Gasteiger partial charge in [0.2, 0.25) is 0 Å². The van der Waals surface area contributed by atoms with Crippen LogP contribution in [0.3, 0.4) is 0 Å². The molecule has 0 radical (unpaired) electrons. The Morgan fingerprint density at radius 2 is 1.77 bits per heavy atom. The van der Waals surface area contributed by atoms with E-state index in [0.717, 1.165) is 20.2 Å². The molecule has 2 unspecified atom stereocenters. The molecule has 4 aromatic heterocycles. The van der Waals surface area contributed by atoms with Gasteiger partial charge in [-0.05, 0) is 29.6 Å². The largest absolute Gasteiger partial charge is 0.490 e. The molecule has 20 heteroatoms. The molecule has 1 fully saturated rings. The Kier molecular flexibility index (Phi) is 8.12. The molecule has 5 N–H and O–H groups in total. The number of nitrogens with zero attached hydrogens (tertiary/aromatic N) is 3. The van der Waals surface area contributed by atoms with Gasteiger partial charge in [0.15, 0.2) is 5.65 Å². The van der Waals surface area contributed by atoms with Crippen molar-refractivity contribution in [2.75, 3.05) is 6.61 Å². The SMILES string of the molecule is O=P(O)(O)OP(=O)(O)OP(=O)(O)OC[C@H]1O[C@@H](n2cnc3c(-c4ccc(-c5cccs5)s4)ccnc32)C[C@@H]1O. The maximum Gasteiger partial charge on any atom is 0.490 e.